The van der Waals surface area contributed by atoms with Crippen LogP contribution in [0.15, 0.2) is 23.9 Å². The second-order valence-corrected chi connectivity index (χ2v) is 4.00. The monoisotopic (exact) mass is 266 g/mol. The van der Waals surface area contributed by atoms with Crippen LogP contribution in [0.1, 0.15) is 12.5 Å². The maximum atomic E-state index is 11.3. The molecule has 0 saturated carbocycles. The molecule has 1 aliphatic heterocycles. The summed E-state index contributed by atoms with van der Waals surface area (Å²) >= 11 is 6.02. The van der Waals surface area contributed by atoms with Crippen molar-refractivity contribution in [3.05, 3.63) is 34.5 Å². The average Bonchev–Trinajstić information content (AvgIpc) is 2.61. The topological polar surface area (TPSA) is 67.4 Å². The number of hydrogen-bond donors (Lipinski definition) is 2. The first-order valence-electron chi connectivity index (χ1n) is 5.36. The summed E-state index contributed by atoms with van der Waals surface area (Å²) in [6.45, 7) is 2.39. The van der Waals surface area contributed by atoms with Gasteiger partial charge in [-0.1, -0.05) is 17.7 Å². The minimum absolute atomic E-state index is 0.195. The van der Waals surface area contributed by atoms with Gasteiger partial charge in [0.2, 0.25) is 0 Å². The molecule has 1 fully saturated rings. The number of carbonyl (C=O) groups is 2. The Balaban J connectivity index is 2.25. The van der Waals surface area contributed by atoms with Crippen LogP contribution in [0.2, 0.25) is 5.02 Å². The highest BCUT2D eigenvalue weighted by Gasteiger charge is 2.22. The van der Waals surface area contributed by atoms with Crippen LogP contribution < -0.4 is 15.4 Å². The van der Waals surface area contributed by atoms with Crippen molar-refractivity contribution in [3.63, 3.8) is 0 Å². The minimum atomic E-state index is -0.525. The number of nitrogens with one attached hydrogen (secondary N) is 2. The van der Waals surface area contributed by atoms with E-state index in [0.717, 1.165) is 0 Å². The number of amides is 3. The van der Waals surface area contributed by atoms with Crippen molar-refractivity contribution in [2.45, 2.75) is 6.92 Å². The summed E-state index contributed by atoms with van der Waals surface area (Å²) in [5, 5.41) is 4.97. The SMILES string of the molecule is CCOc1ccc(/C=C2\NC(=O)NC2=O)cc1Cl. The van der Waals surface area contributed by atoms with E-state index in [1.807, 2.05) is 6.92 Å². The number of imide groups is 1. The number of carbonyl (C=O) groups excluding carboxylic acids is 2. The van der Waals surface area contributed by atoms with Crippen LogP contribution in [-0.4, -0.2) is 18.5 Å². The van der Waals surface area contributed by atoms with Crippen molar-refractivity contribution in [2.24, 2.45) is 0 Å². The predicted octanol–water partition coefficient (Wildman–Crippen LogP) is 1.92. The molecule has 94 valence electrons. The summed E-state index contributed by atoms with van der Waals surface area (Å²) < 4.78 is 5.30. The summed E-state index contributed by atoms with van der Waals surface area (Å²) in [7, 11) is 0. The van der Waals surface area contributed by atoms with E-state index in [9.17, 15) is 9.59 Å². The van der Waals surface area contributed by atoms with Crippen LogP contribution in [0.3, 0.4) is 0 Å². The molecule has 0 aromatic heterocycles. The molecule has 2 rings (SSSR count). The zero-order valence-electron chi connectivity index (χ0n) is 9.62. The third kappa shape index (κ3) is 2.62. The zero-order chi connectivity index (χ0) is 13.1. The van der Waals surface area contributed by atoms with Gasteiger partial charge in [-0.2, -0.15) is 0 Å². The van der Waals surface area contributed by atoms with E-state index >= 15 is 0 Å². The number of urea groups is 1. The van der Waals surface area contributed by atoms with Crippen LogP contribution in [0.5, 0.6) is 5.75 Å². The van der Waals surface area contributed by atoms with Gasteiger partial charge in [-0.05, 0) is 30.7 Å². The van der Waals surface area contributed by atoms with Crippen molar-refractivity contribution >= 4 is 29.6 Å². The lowest BCUT2D eigenvalue weighted by atomic mass is 10.2. The molecule has 1 aromatic rings. The lowest BCUT2D eigenvalue weighted by Gasteiger charge is -2.06. The number of halogens is 1. The van der Waals surface area contributed by atoms with Crippen LogP contribution in [-0.2, 0) is 4.79 Å². The Morgan fingerprint density at radius 3 is 2.67 bits per heavy atom. The molecule has 6 heteroatoms. The third-order valence-corrected chi connectivity index (χ3v) is 2.58. The second-order valence-electron chi connectivity index (χ2n) is 3.59. The third-order valence-electron chi connectivity index (χ3n) is 2.29. The second kappa shape index (κ2) is 5.10. The van der Waals surface area contributed by atoms with Gasteiger partial charge >= 0.3 is 6.03 Å². The molecule has 1 heterocycles. The number of ether oxygens (including phenoxy) is 1. The maximum absolute atomic E-state index is 11.3. The van der Waals surface area contributed by atoms with Gasteiger partial charge in [0.05, 0.1) is 11.6 Å². The Morgan fingerprint density at radius 2 is 2.11 bits per heavy atom. The van der Waals surface area contributed by atoms with E-state index in [0.29, 0.717) is 22.9 Å². The molecule has 2 N–H and O–H groups in total. The molecule has 0 bridgehead atoms. The molecule has 3 amide bonds. The molecule has 0 aliphatic carbocycles. The van der Waals surface area contributed by atoms with Gasteiger partial charge in [0, 0.05) is 0 Å². The summed E-state index contributed by atoms with van der Waals surface area (Å²) in [5.41, 5.74) is 0.899. The molecular weight excluding hydrogens is 256 g/mol. The largest absolute Gasteiger partial charge is 0.492 e. The van der Waals surface area contributed by atoms with E-state index in [-0.39, 0.29) is 5.70 Å². The van der Waals surface area contributed by atoms with Gasteiger partial charge < -0.3 is 10.1 Å². The highest BCUT2D eigenvalue weighted by molar-refractivity contribution is 6.32. The van der Waals surface area contributed by atoms with Crippen molar-refractivity contribution in [1.29, 1.82) is 0 Å². The molecular formula is C12H11ClN2O3. The van der Waals surface area contributed by atoms with E-state index < -0.39 is 11.9 Å². The molecule has 0 unspecified atom stereocenters. The lowest BCUT2D eigenvalue weighted by Crippen LogP contribution is -2.22. The summed E-state index contributed by atoms with van der Waals surface area (Å²) in [6, 6.07) is 4.61. The van der Waals surface area contributed by atoms with Crippen LogP contribution in [0.25, 0.3) is 6.08 Å². The number of hydrogen-bond acceptors (Lipinski definition) is 3. The Morgan fingerprint density at radius 1 is 1.33 bits per heavy atom. The minimum Gasteiger partial charge on any atom is -0.492 e. The van der Waals surface area contributed by atoms with Crippen molar-refractivity contribution in [1.82, 2.24) is 10.6 Å². The van der Waals surface area contributed by atoms with Crippen molar-refractivity contribution in [3.8, 4) is 5.75 Å². The fourth-order valence-corrected chi connectivity index (χ4v) is 1.77. The zero-order valence-corrected chi connectivity index (χ0v) is 10.4. The van der Waals surface area contributed by atoms with Crippen LogP contribution in [0, 0.1) is 0 Å². The Labute approximate surface area is 109 Å². The molecule has 1 aromatic carbocycles. The smallest absolute Gasteiger partial charge is 0.326 e. The van der Waals surface area contributed by atoms with E-state index in [1.54, 1.807) is 24.3 Å². The molecule has 5 nitrogen and oxygen atoms in total. The van der Waals surface area contributed by atoms with Crippen molar-refractivity contribution in [2.75, 3.05) is 6.61 Å². The van der Waals surface area contributed by atoms with Crippen LogP contribution in [0.4, 0.5) is 4.79 Å². The molecule has 1 aliphatic rings. The van der Waals surface area contributed by atoms with Gasteiger partial charge in [0.25, 0.3) is 5.91 Å². The Bertz CT molecular complexity index is 540. The van der Waals surface area contributed by atoms with E-state index in [2.05, 4.69) is 10.6 Å². The van der Waals surface area contributed by atoms with Crippen molar-refractivity contribution < 1.29 is 14.3 Å². The van der Waals surface area contributed by atoms with Gasteiger partial charge in [-0.15, -0.1) is 0 Å². The molecule has 18 heavy (non-hydrogen) atoms. The lowest BCUT2D eigenvalue weighted by molar-refractivity contribution is -0.115. The number of benzene rings is 1. The number of rotatable bonds is 3. The van der Waals surface area contributed by atoms with Gasteiger partial charge in [-0.3, -0.25) is 10.1 Å². The fraction of sp³-hybridized carbons (Fsp3) is 0.167. The highest BCUT2D eigenvalue weighted by Crippen LogP contribution is 2.26. The summed E-state index contributed by atoms with van der Waals surface area (Å²) in [6.07, 6.45) is 1.54. The fourth-order valence-electron chi connectivity index (χ4n) is 1.53. The molecule has 1 saturated heterocycles. The van der Waals surface area contributed by atoms with Gasteiger partial charge in [-0.25, -0.2) is 4.79 Å². The summed E-state index contributed by atoms with van der Waals surface area (Å²) in [4.78, 5) is 22.3. The standard InChI is InChI=1S/C12H11ClN2O3/c1-2-18-10-4-3-7(5-8(10)13)6-9-11(16)15-12(17)14-9/h3-6H,2H2,1H3,(H2,14,15,16,17)/b9-6-. The maximum Gasteiger partial charge on any atom is 0.326 e. The molecule has 0 atom stereocenters. The van der Waals surface area contributed by atoms with Crippen LogP contribution >= 0.6 is 11.6 Å². The Kier molecular flexibility index (Phi) is 3.53. The molecule has 0 radical (unpaired) electrons. The van der Waals surface area contributed by atoms with Gasteiger partial charge in [0.1, 0.15) is 11.4 Å². The average molecular weight is 267 g/mol. The Hall–Kier alpha value is -2.01. The highest BCUT2D eigenvalue weighted by atomic mass is 35.5. The molecule has 0 spiro atoms. The quantitative estimate of drug-likeness (QED) is 0.649. The first kappa shape index (κ1) is 12.4. The first-order chi connectivity index (χ1) is 8.60. The first-order valence-corrected chi connectivity index (χ1v) is 5.74. The van der Waals surface area contributed by atoms with E-state index in [4.69, 9.17) is 16.3 Å². The normalized spacial score (nSPS) is 16.7. The van der Waals surface area contributed by atoms with Gasteiger partial charge in [0.15, 0.2) is 0 Å². The van der Waals surface area contributed by atoms with E-state index in [1.165, 1.54) is 0 Å². The predicted molar refractivity (Wildman–Crippen MR) is 67.3 cm³/mol. The summed E-state index contributed by atoms with van der Waals surface area (Å²) in [5.74, 6) is 0.131.